The molecule has 0 bridgehead atoms. The predicted molar refractivity (Wildman–Crippen MR) is 92.3 cm³/mol. The van der Waals surface area contributed by atoms with E-state index in [0.29, 0.717) is 42.2 Å². The van der Waals surface area contributed by atoms with E-state index in [4.69, 9.17) is 0 Å². The average Bonchev–Trinajstić information content (AvgIpc) is 2.87. The third-order valence-electron chi connectivity index (χ3n) is 8.99. The van der Waals surface area contributed by atoms with Gasteiger partial charge < -0.3 is 5.11 Å². The van der Waals surface area contributed by atoms with Crippen molar-refractivity contribution in [2.24, 2.45) is 40.4 Å². The van der Waals surface area contributed by atoms with Gasteiger partial charge in [0.05, 0.1) is 6.10 Å². The minimum Gasteiger partial charge on any atom is -0.393 e. The van der Waals surface area contributed by atoms with Crippen LogP contribution in [0.25, 0.3) is 0 Å². The second-order valence-electron chi connectivity index (χ2n) is 9.82. The molecule has 0 aromatic rings. The van der Waals surface area contributed by atoms with E-state index in [9.17, 15) is 14.7 Å². The fourth-order valence-electron chi connectivity index (χ4n) is 7.76. The lowest BCUT2D eigenvalue weighted by Gasteiger charge is -2.61. The molecule has 0 unspecified atom stereocenters. The molecule has 24 heavy (non-hydrogen) atoms. The van der Waals surface area contributed by atoms with Crippen molar-refractivity contribution in [3.8, 4) is 0 Å². The molecule has 0 amide bonds. The zero-order valence-corrected chi connectivity index (χ0v) is 15.4. The number of aliphatic hydroxyl groups is 1. The molecule has 4 aliphatic carbocycles. The van der Waals surface area contributed by atoms with Crippen LogP contribution in [0.2, 0.25) is 0 Å². The van der Waals surface area contributed by atoms with Gasteiger partial charge in [-0.05, 0) is 80.0 Å². The van der Waals surface area contributed by atoms with Gasteiger partial charge in [0.15, 0.2) is 0 Å². The van der Waals surface area contributed by atoms with E-state index >= 15 is 0 Å². The first-order valence-corrected chi connectivity index (χ1v) is 9.97. The first-order chi connectivity index (χ1) is 11.3. The molecule has 3 nitrogen and oxygen atoms in total. The fourth-order valence-corrected chi connectivity index (χ4v) is 7.76. The standard InChI is InChI=1S/C21H32O3/c1-12(22)15-4-5-16-14-11-19(24)18-10-13(23)6-8-21(18,3)17(14)7-9-20(15,16)2/h14-19,24H,4-11H2,1-3H3/t14-,15+,16-,17-,18-,19+,20-,21-/m1/s1. The number of aliphatic hydroxyl groups excluding tert-OH is 1. The summed E-state index contributed by atoms with van der Waals surface area (Å²) in [5.41, 5.74) is 0.256. The number of carbonyl (C=O) groups excluding carboxylic acids is 2. The van der Waals surface area contributed by atoms with Gasteiger partial charge in [0, 0.05) is 18.8 Å². The van der Waals surface area contributed by atoms with E-state index in [-0.39, 0.29) is 28.8 Å². The third-order valence-corrected chi connectivity index (χ3v) is 8.99. The first-order valence-electron chi connectivity index (χ1n) is 9.97. The lowest BCUT2D eigenvalue weighted by Crippen LogP contribution is -2.58. The number of ketones is 2. The Labute approximate surface area is 145 Å². The predicted octanol–water partition coefficient (Wildman–Crippen LogP) is 3.77. The van der Waals surface area contributed by atoms with Crippen molar-refractivity contribution >= 4 is 11.6 Å². The lowest BCUT2D eigenvalue weighted by atomic mass is 9.44. The van der Waals surface area contributed by atoms with Crippen LogP contribution in [0.4, 0.5) is 0 Å². The quantitative estimate of drug-likeness (QED) is 0.795. The largest absolute Gasteiger partial charge is 0.393 e. The van der Waals surface area contributed by atoms with Crippen LogP contribution in [-0.4, -0.2) is 22.8 Å². The minimum atomic E-state index is -0.334. The molecule has 4 rings (SSSR count). The fraction of sp³-hybridized carbons (Fsp3) is 0.905. The van der Waals surface area contributed by atoms with Gasteiger partial charge in [0.1, 0.15) is 11.6 Å². The van der Waals surface area contributed by atoms with Crippen LogP contribution < -0.4 is 0 Å². The molecule has 0 radical (unpaired) electrons. The highest BCUT2D eigenvalue weighted by molar-refractivity contribution is 5.80. The van der Waals surface area contributed by atoms with Crippen LogP contribution >= 0.6 is 0 Å². The van der Waals surface area contributed by atoms with Gasteiger partial charge in [0.25, 0.3) is 0 Å². The summed E-state index contributed by atoms with van der Waals surface area (Å²) in [6.07, 6.45) is 7.25. The van der Waals surface area contributed by atoms with Gasteiger partial charge in [-0.3, -0.25) is 9.59 Å². The highest BCUT2D eigenvalue weighted by Gasteiger charge is 2.62. The van der Waals surface area contributed by atoms with Gasteiger partial charge in [-0.15, -0.1) is 0 Å². The van der Waals surface area contributed by atoms with Crippen LogP contribution in [0.3, 0.4) is 0 Å². The Balaban J connectivity index is 1.67. The SMILES string of the molecule is CC(=O)[C@@H]1CC[C@@H]2[C@H]3C[C@H](O)[C@H]4CC(=O)CC[C@]4(C)[C@@H]3CC[C@@]21C. The van der Waals surface area contributed by atoms with E-state index in [1.54, 1.807) is 6.92 Å². The summed E-state index contributed by atoms with van der Waals surface area (Å²) >= 11 is 0. The third kappa shape index (κ3) is 2.12. The Morgan fingerprint density at radius 1 is 1.04 bits per heavy atom. The maximum Gasteiger partial charge on any atom is 0.133 e. The Morgan fingerprint density at radius 3 is 2.46 bits per heavy atom. The Morgan fingerprint density at radius 2 is 1.75 bits per heavy atom. The number of hydrogen-bond donors (Lipinski definition) is 1. The zero-order chi connectivity index (χ0) is 17.3. The number of carbonyl (C=O) groups is 2. The van der Waals surface area contributed by atoms with Crippen molar-refractivity contribution in [2.45, 2.75) is 78.2 Å². The summed E-state index contributed by atoms with van der Waals surface area (Å²) in [7, 11) is 0. The van der Waals surface area contributed by atoms with E-state index < -0.39 is 0 Å². The molecule has 4 saturated carbocycles. The van der Waals surface area contributed by atoms with E-state index in [1.165, 1.54) is 6.42 Å². The molecule has 0 aliphatic heterocycles. The molecule has 0 aromatic heterocycles. The molecule has 0 aromatic carbocycles. The van der Waals surface area contributed by atoms with Crippen LogP contribution in [0.15, 0.2) is 0 Å². The van der Waals surface area contributed by atoms with Gasteiger partial charge in [-0.2, -0.15) is 0 Å². The van der Waals surface area contributed by atoms with Gasteiger partial charge in [-0.25, -0.2) is 0 Å². The normalized spacial score (nSPS) is 53.9. The monoisotopic (exact) mass is 332 g/mol. The van der Waals surface area contributed by atoms with Crippen molar-refractivity contribution in [3.63, 3.8) is 0 Å². The summed E-state index contributed by atoms with van der Waals surface area (Å²) in [4.78, 5) is 24.1. The van der Waals surface area contributed by atoms with Gasteiger partial charge in [0.2, 0.25) is 0 Å². The van der Waals surface area contributed by atoms with Crippen molar-refractivity contribution in [3.05, 3.63) is 0 Å². The molecule has 4 fully saturated rings. The molecule has 4 aliphatic rings. The first kappa shape index (κ1) is 16.8. The number of hydrogen-bond acceptors (Lipinski definition) is 3. The summed E-state index contributed by atoms with van der Waals surface area (Å²) in [6.45, 7) is 6.46. The highest BCUT2D eigenvalue weighted by atomic mass is 16.3. The van der Waals surface area contributed by atoms with Gasteiger partial charge in [-0.1, -0.05) is 13.8 Å². The maximum atomic E-state index is 12.2. The van der Waals surface area contributed by atoms with Crippen molar-refractivity contribution in [2.75, 3.05) is 0 Å². The Kier molecular flexibility index (Phi) is 3.77. The van der Waals surface area contributed by atoms with Crippen LogP contribution in [0, 0.1) is 40.4 Å². The molecular formula is C21H32O3. The van der Waals surface area contributed by atoms with Crippen LogP contribution in [-0.2, 0) is 9.59 Å². The summed E-state index contributed by atoms with van der Waals surface area (Å²) in [5.74, 6) is 2.83. The maximum absolute atomic E-state index is 12.2. The molecule has 3 heteroatoms. The topological polar surface area (TPSA) is 54.4 Å². The molecule has 0 saturated heterocycles. The Hall–Kier alpha value is -0.700. The Bertz CT molecular complexity index is 569. The van der Waals surface area contributed by atoms with E-state index in [1.807, 2.05) is 0 Å². The number of Topliss-reactive ketones (excluding diaryl/α,β-unsaturated/α-hetero) is 2. The zero-order valence-electron chi connectivity index (χ0n) is 15.4. The summed E-state index contributed by atoms with van der Waals surface area (Å²) in [6, 6.07) is 0. The summed E-state index contributed by atoms with van der Waals surface area (Å²) in [5, 5.41) is 10.9. The molecular weight excluding hydrogens is 300 g/mol. The smallest absolute Gasteiger partial charge is 0.133 e. The number of rotatable bonds is 1. The van der Waals surface area contributed by atoms with Crippen molar-refractivity contribution in [1.82, 2.24) is 0 Å². The molecule has 1 N–H and O–H groups in total. The van der Waals surface area contributed by atoms with E-state index in [2.05, 4.69) is 13.8 Å². The van der Waals surface area contributed by atoms with Crippen LogP contribution in [0.5, 0.6) is 0 Å². The summed E-state index contributed by atoms with van der Waals surface area (Å²) < 4.78 is 0. The number of fused-ring (bicyclic) bond motifs is 5. The molecule has 134 valence electrons. The second-order valence-corrected chi connectivity index (χ2v) is 9.82. The molecule has 8 atom stereocenters. The van der Waals surface area contributed by atoms with Crippen molar-refractivity contribution < 1.29 is 14.7 Å². The van der Waals surface area contributed by atoms with Gasteiger partial charge >= 0.3 is 0 Å². The highest BCUT2D eigenvalue weighted by Crippen LogP contribution is 2.67. The van der Waals surface area contributed by atoms with Crippen LogP contribution in [0.1, 0.15) is 72.1 Å². The second kappa shape index (κ2) is 5.40. The minimum absolute atomic E-state index is 0.117. The van der Waals surface area contributed by atoms with E-state index in [0.717, 1.165) is 32.1 Å². The molecule has 0 spiro atoms. The average molecular weight is 332 g/mol. The molecule has 0 heterocycles. The lowest BCUT2D eigenvalue weighted by molar-refractivity contribution is -0.166. The van der Waals surface area contributed by atoms with Crippen molar-refractivity contribution in [1.29, 1.82) is 0 Å².